The molecule has 0 atom stereocenters. The van der Waals surface area contributed by atoms with Crippen LogP contribution in [0.2, 0.25) is 0 Å². The Morgan fingerprint density at radius 3 is 2.95 bits per heavy atom. The average molecular weight is 263 g/mol. The van der Waals surface area contributed by atoms with Crippen LogP contribution in [-0.4, -0.2) is 10.9 Å². The Kier molecular flexibility index (Phi) is 3.79. The van der Waals surface area contributed by atoms with Crippen LogP contribution in [0.4, 0.5) is 10.1 Å². The van der Waals surface area contributed by atoms with E-state index in [4.69, 9.17) is 10.2 Å². The standard InChI is InChI=1S/C13H14FN3O2/c1-2-9-6-16-12(19-9)7-17-13(18)10-4-3-8(15)5-11(10)14/h3-6H,2,7,15H2,1H3,(H,17,18). The van der Waals surface area contributed by atoms with Crippen molar-refractivity contribution < 1.29 is 13.6 Å². The van der Waals surface area contributed by atoms with E-state index in [2.05, 4.69) is 10.3 Å². The van der Waals surface area contributed by atoms with Crippen LogP contribution in [0.15, 0.2) is 28.8 Å². The van der Waals surface area contributed by atoms with Gasteiger partial charge in [0.15, 0.2) is 0 Å². The smallest absolute Gasteiger partial charge is 0.254 e. The lowest BCUT2D eigenvalue weighted by Crippen LogP contribution is -2.24. The van der Waals surface area contributed by atoms with Gasteiger partial charge in [0.05, 0.1) is 18.3 Å². The second-order valence-electron chi connectivity index (χ2n) is 4.00. The Balaban J connectivity index is 2.01. The summed E-state index contributed by atoms with van der Waals surface area (Å²) >= 11 is 0. The number of nitrogen functional groups attached to an aromatic ring is 1. The van der Waals surface area contributed by atoms with Crippen LogP contribution in [0.5, 0.6) is 0 Å². The van der Waals surface area contributed by atoms with E-state index >= 15 is 0 Å². The number of rotatable bonds is 4. The Morgan fingerprint density at radius 1 is 1.53 bits per heavy atom. The number of aromatic nitrogens is 1. The lowest BCUT2D eigenvalue weighted by Gasteiger charge is -2.04. The zero-order valence-electron chi connectivity index (χ0n) is 10.4. The van der Waals surface area contributed by atoms with Crippen LogP contribution in [0.1, 0.15) is 28.9 Å². The number of hydrogen-bond acceptors (Lipinski definition) is 4. The van der Waals surface area contributed by atoms with Crippen molar-refractivity contribution in [2.75, 3.05) is 5.73 Å². The number of carbonyl (C=O) groups excluding carboxylic acids is 1. The molecular formula is C13H14FN3O2. The summed E-state index contributed by atoms with van der Waals surface area (Å²) in [6.07, 6.45) is 2.33. The molecule has 2 rings (SSSR count). The maximum absolute atomic E-state index is 13.5. The van der Waals surface area contributed by atoms with Gasteiger partial charge in [0.1, 0.15) is 11.6 Å². The lowest BCUT2D eigenvalue weighted by molar-refractivity contribution is 0.0943. The average Bonchev–Trinajstić information content (AvgIpc) is 2.84. The summed E-state index contributed by atoms with van der Waals surface area (Å²) in [7, 11) is 0. The highest BCUT2D eigenvalue weighted by Gasteiger charge is 2.12. The minimum Gasteiger partial charge on any atom is -0.444 e. The lowest BCUT2D eigenvalue weighted by atomic mass is 10.2. The summed E-state index contributed by atoms with van der Waals surface area (Å²) in [4.78, 5) is 15.8. The van der Waals surface area contributed by atoms with Crippen LogP contribution in [0, 0.1) is 5.82 Å². The number of amides is 1. The van der Waals surface area contributed by atoms with Gasteiger partial charge < -0.3 is 15.5 Å². The molecule has 19 heavy (non-hydrogen) atoms. The van der Waals surface area contributed by atoms with Crippen LogP contribution in [0.25, 0.3) is 0 Å². The summed E-state index contributed by atoms with van der Waals surface area (Å²) in [6.45, 7) is 2.05. The third-order valence-corrected chi connectivity index (χ3v) is 2.59. The van der Waals surface area contributed by atoms with Crippen LogP contribution in [0.3, 0.4) is 0 Å². The highest BCUT2D eigenvalue weighted by Crippen LogP contribution is 2.12. The van der Waals surface area contributed by atoms with E-state index in [0.717, 1.165) is 18.2 Å². The van der Waals surface area contributed by atoms with Gasteiger partial charge in [-0.05, 0) is 18.2 Å². The van der Waals surface area contributed by atoms with Crippen LogP contribution >= 0.6 is 0 Å². The SMILES string of the molecule is CCc1cnc(CNC(=O)c2ccc(N)cc2F)o1. The number of halogens is 1. The monoisotopic (exact) mass is 263 g/mol. The fourth-order valence-corrected chi connectivity index (χ4v) is 1.56. The number of benzene rings is 1. The fraction of sp³-hybridized carbons (Fsp3) is 0.231. The molecular weight excluding hydrogens is 249 g/mol. The quantitative estimate of drug-likeness (QED) is 0.825. The van der Waals surface area contributed by atoms with E-state index in [0.29, 0.717) is 5.89 Å². The van der Waals surface area contributed by atoms with Crippen molar-refractivity contribution in [2.24, 2.45) is 0 Å². The summed E-state index contributed by atoms with van der Waals surface area (Å²) in [6, 6.07) is 3.92. The maximum atomic E-state index is 13.5. The molecule has 0 saturated heterocycles. The van der Waals surface area contributed by atoms with E-state index in [1.807, 2.05) is 6.92 Å². The predicted molar refractivity (Wildman–Crippen MR) is 67.9 cm³/mol. The third-order valence-electron chi connectivity index (χ3n) is 2.59. The van der Waals surface area contributed by atoms with Crippen molar-refractivity contribution in [3.63, 3.8) is 0 Å². The van der Waals surface area contributed by atoms with Crippen LogP contribution < -0.4 is 11.1 Å². The topological polar surface area (TPSA) is 81.2 Å². The first-order valence-electron chi connectivity index (χ1n) is 5.87. The molecule has 0 aliphatic rings. The van der Waals surface area contributed by atoms with E-state index < -0.39 is 11.7 Å². The van der Waals surface area contributed by atoms with Crippen molar-refractivity contribution in [2.45, 2.75) is 19.9 Å². The molecule has 2 aromatic rings. The molecule has 1 amide bonds. The summed E-state index contributed by atoms with van der Waals surface area (Å²) in [5, 5.41) is 2.54. The first-order chi connectivity index (χ1) is 9.10. The summed E-state index contributed by atoms with van der Waals surface area (Å²) < 4.78 is 18.8. The number of aryl methyl sites for hydroxylation is 1. The van der Waals surface area contributed by atoms with E-state index in [9.17, 15) is 9.18 Å². The van der Waals surface area contributed by atoms with Gasteiger partial charge in [-0.3, -0.25) is 4.79 Å². The molecule has 1 aromatic heterocycles. The van der Waals surface area contributed by atoms with Crippen molar-refractivity contribution in [1.29, 1.82) is 0 Å². The molecule has 0 bridgehead atoms. The zero-order chi connectivity index (χ0) is 13.8. The number of carbonyl (C=O) groups is 1. The van der Waals surface area contributed by atoms with Gasteiger partial charge in [-0.15, -0.1) is 0 Å². The van der Waals surface area contributed by atoms with Gasteiger partial charge in [0.2, 0.25) is 5.89 Å². The summed E-state index contributed by atoms with van der Waals surface area (Å²) in [5.74, 6) is -0.0585. The minimum absolute atomic E-state index is 0.0588. The fourth-order valence-electron chi connectivity index (χ4n) is 1.56. The first kappa shape index (κ1) is 13.1. The van der Waals surface area contributed by atoms with Gasteiger partial charge in [-0.1, -0.05) is 6.92 Å². The number of oxazole rings is 1. The van der Waals surface area contributed by atoms with Crippen molar-refractivity contribution in [3.05, 3.63) is 47.4 Å². The van der Waals surface area contributed by atoms with Gasteiger partial charge in [0.25, 0.3) is 5.91 Å². The Hall–Kier alpha value is -2.37. The normalized spacial score (nSPS) is 10.4. The number of nitrogens with one attached hydrogen (secondary N) is 1. The zero-order valence-corrected chi connectivity index (χ0v) is 10.4. The van der Waals surface area contributed by atoms with Gasteiger partial charge in [0, 0.05) is 12.1 Å². The molecule has 3 N–H and O–H groups in total. The van der Waals surface area contributed by atoms with Crippen LogP contribution in [-0.2, 0) is 13.0 Å². The molecule has 1 heterocycles. The molecule has 6 heteroatoms. The Bertz CT molecular complexity index is 595. The molecule has 1 aromatic carbocycles. The Labute approximate surface area is 109 Å². The number of nitrogens with zero attached hydrogens (tertiary/aromatic N) is 1. The molecule has 0 saturated carbocycles. The highest BCUT2D eigenvalue weighted by atomic mass is 19.1. The largest absolute Gasteiger partial charge is 0.444 e. The van der Waals surface area contributed by atoms with Crippen molar-refractivity contribution >= 4 is 11.6 Å². The van der Waals surface area contributed by atoms with Gasteiger partial charge in [-0.2, -0.15) is 0 Å². The van der Waals surface area contributed by atoms with E-state index in [1.54, 1.807) is 6.20 Å². The first-order valence-corrected chi connectivity index (χ1v) is 5.87. The maximum Gasteiger partial charge on any atom is 0.254 e. The highest BCUT2D eigenvalue weighted by molar-refractivity contribution is 5.94. The van der Waals surface area contributed by atoms with E-state index in [1.165, 1.54) is 12.1 Å². The number of anilines is 1. The van der Waals surface area contributed by atoms with Crippen molar-refractivity contribution in [3.8, 4) is 0 Å². The molecule has 0 radical (unpaired) electrons. The third kappa shape index (κ3) is 3.09. The van der Waals surface area contributed by atoms with Gasteiger partial charge >= 0.3 is 0 Å². The molecule has 0 spiro atoms. The van der Waals surface area contributed by atoms with Crippen molar-refractivity contribution in [1.82, 2.24) is 10.3 Å². The van der Waals surface area contributed by atoms with E-state index in [-0.39, 0.29) is 17.8 Å². The molecule has 0 aliphatic heterocycles. The number of nitrogens with two attached hydrogens (primary N) is 1. The molecule has 0 fully saturated rings. The molecule has 0 unspecified atom stereocenters. The molecule has 100 valence electrons. The second-order valence-corrected chi connectivity index (χ2v) is 4.00. The predicted octanol–water partition coefficient (Wildman–Crippen LogP) is 1.89. The summed E-state index contributed by atoms with van der Waals surface area (Å²) in [5.41, 5.74) is 5.63. The second kappa shape index (κ2) is 5.51. The Morgan fingerprint density at radius 2 is 2.32 bits per heavy atom. The minimum atomic E-state index is -0.654. The number of hydrogen-bond donors (Lipinski definition) is 2. The molecule has 0 aliphatic carbocycles. The van der Waals surface area contributed by atoms with Gasteiger partial charge in [-0.25, -0.2) is 9.37 Å². The molecule has 5 nitrogen and oxygen atoms in total.